The SMILES string of the molecule is COCCN(C)CCn1c(=O)oc2ccc(-c3ccc(CC(C#N)NC(=O)C4CNCCCO4)cc3)cc21. The fraction of sp³-hybridized carbons (Fsp3) is 0.464. The highest BCUT2D eigenvalue weighted by Gasteiger charge is 2.23. The van der Waals surface area contributed by atoms with Gasteiger partial charge in [0.05, 0.1) is 18.2 Å². The Kier molecular flexibility index (Phi) is 9.67. The fourth-order valence-corrected chi connectivity index (χ4v) is 4.43. The van der Waals surface area contributed by atoms with E-state index >= 15 is 0 Å². The number of carbonyl (C=O) groups is 1. The predicted octanol–water partition coefficient (Wildman–Crippen LogP) is 1.77. The van der Waals surface area contributed by atoms with Gasteiger partial charge in [-0.05, 0) is 48.8 Å². The van der Waals surface area contributed by atoms with Crippen molar-refractivity contribution in [2.24, 2.45) is 0 Å². The van der Waals surface area contributed by atoms with Gasteiger partial charge in [-0.1, -0.05) is 30.3 Å². The van der Waals surface area contributed by atoms with Gasteiger partial charge in [0.2, 0.25) is 0 Å². The Labute approximate surface area is 222 Å². The molecule has 0 aliphatic carbocycles. The van der Waals surface area contributed by atoms with Crippen molar-refractivity contribution in [3.8, 4) is 17.2 Å². The highest BCUT2D eigenvalue weighted by atomic mass is 16.5. The lowest BCUT2D eigenvalue weighted by Gasteiger charge is -2.18. The van der Waals surface area contributed by atoms with E-state index in [9.17, 15) is 14.9 Å². The first-order valence-electron chi connectivity index (χ1n) is 12.9. The molecular weight excluding hydrogens is 486 g/mol. The molecule has 4 rings (SSSR count). The topological polar surface area (TPSA) is 122 Å². The molecule has 10 nitrogen and oxygen atoms in total. The molecule has 2 N–H and O–H groups in total. The van der Waals surface area contributed by atoms with Crippen LogP contribution in [-0.4, -0.2) is 81.1 Å². The maximum atomic E-state index is 12.5. The van der Waals surface area contributed by atoms with Crippen LogP contribution in [0.25, 0.3) is 22.2 Å². The van der Waals surface area contributed by atoms with Crippen molar-refractivity contribution in [1.82, 2.24) is 20.1 Å². The minimum Gasteiger partial charge on any atom is -0.408 e. The maximum Gasteiger partial charge on any atom is 0.419 e. The van der Waals surface area contributed by atoms with Crippen LogP contribution in [0.4, 0.5) is 0 Å². The highest BCUT2D eigenvalue weighted by Crippen LogP contribution is 2.25. The van der Waals surface area contributed by atoms with Gasteiger partial charge in [-0.3, -0.25) is 9.36 Å². The number of nitrogens with zero attached hydrogens (tertiary/aromatic N) is 3. The van der Waals surface area contributed by atoms with Crippen LogP contribution in [0.3, 0.4) is 0 Å². The first-order chi connectivity index (χ1) is 18.5. The van der Waals surface area contributed by atoms with E-state index in [2.05, 4.69) is 21.6 Å². The second-order valence-electron chi connectivity index (χ2n) is 9.51. The number of carbonyl (C=O) groups excluding carboxylic acids is 1. The van der Waals surface area contributed by atoms with E-state index in [1.807, 2.05) is 49.5 Å². The molecule has 1 fully saturated rings. The van der Waals surface area contributed by atoms with Crippen molar-refractivity contribution in [2.75, 3.05) is 53.6 Å². The van der Waals surface area contributed by atoms with Crippen LogP contribution < -0.4 is 16.4 Å². The molecule has 202 valence electrons. The molecule has 2 aromatic carbocycles. The molecule has 2 atom stereocenters. The van der Waals surface area contributed by atoms with E-state index in [4.69, 9.17) is 13.9 Å². The van der Waals surface area contributed by atoms with Crippen LogP contribution in [0, 0.1) is 11.3 Å². The number of nitriles is 1. The summed E-state index contributed by atoms with van der Waals surface area (Å²) in [5, 5.41) is 15.6. The maximum absolute atomic E-state index is 12.5. The van der Waals surface area contributed by atoms with Gasteiger partial charge in [0.25, 0.3) is 5.91 Å². The molecular formula is C28H35N5O5. The third-order valence-corrected chi connectivity index (χ3v) is 6.69. The molecule has 0 saturated carbocycles. The van der Waals surface area contributed by atoms with Crippen molar-refractivity contribution < 1.29 is 18.7 Å². The Morgan fingerprint density at radius 1 is 1.26 bits per heavy atom. The number of hydrogen-bond acceptors (Lipinski definition) is 8. The van der Waals surface area contributed by atoms with Crippen molar-refractivity contribution in [2.45, 2.75) is 31.5 Å². The van der Waals surface area contributed by atoms with Gasteiger partial charge in [0, 0.05) is 46.3 Å². The summed E-state index contributed by atoms with van der Waals surface area (Å²) in [6.07, 6.45) is 0.659. The number of rotatable bonds is 11. The van der Waals surface area contributed by atoms with Gasteiger partial charge < -0.3 is 29.4 Å². The van der Waals surface area contributed by atoms with E-state index in [-0.39, 0.29) is 11.7 Å². The lowest BCUT2D eigenvalue weighted by molar-refractivity contribution is -0.132. The number of ether oxygens (including phenoxy) is 2. The Morgan fingerprint density at radius 2 is 2.05 bits per heavy atom. The zero-order valence-electron chi connectivity index (χ0n) is 21.9. The second-order valence-corrected chi connectivity index (χ2v) is 9.51. The number of amides is 1. The zero-order valence-corrected chi connectivity index (χ0v) is 21.9. The summed E-state index contributed by atoms with van der Waals surface area (Å²) in [5.74, 6) is -0.644. The van der Waals surface area contributed by atoms with Crippen molar-refractivity contribution >= 4 is 17.0 Å². The summed E-state index contributed by atoms with van der Waals surface area (Å²) in [6.45, 7) is 4.39. The molecule has 2 unspecified atom stereocenters. The first kappa shape index (κ1) is 27.5. The van der Waals surface area contributed by atoms with Crippen molar-refractivity contribution in [3.63, 3.8) is 0 Å². The quantitative estimate of drug-likeness (QED) is 0.392. The highest BCUT2D eigenvalue weighted by molar-refractivity contribution is 5.82. The fourth-order valence-electron chi connectivity index (χ4n) is 4.43. The summed E-state index contributed by atoms with van der Waals surface area (Å²) in [6, 6.07) is 15.1. The third-order valence-electron chi connectivity index (χ3n) is 6.69. The molecule has 38 heavy (non-hydrogen) atoms. The molecule has 1 amide bonds. The summed E-state index contributed by atoms with van der Waals surface area (Å²) >= 11 is 0. The minimum absolute atomic E-state index is 0.271. The van der Waals surface area contributed by atoms with Crippen molar-refractivity contribution in [1.29, 1.82) is 5.26 Å². The number of fused-ring (bicyclic) bond motifs is 1. The van der Waals surface area contributed by atoms with E-state index in [0.717, 1.165) is 41.7 Å². The molecule has 1 saturated heterocycles. The Balaban J connectivity index is 1.42. The van der Waals surface area contributed by atoms with Crippen LogP contribution in [0.15, 0.2) is 51.7 Å². The minimum atomic E-state index is -0.654. The predicted molar refractivity (Wildman–Crippen MR) is 144 cm³/mol. The first-order valence-corrected chi connectivity index (χ1v) is 12.9. The molecule has 1 aliphatic rings. The molecule has 3 aromatic rings. The van der Waals surface area contributed by atoms with E-state index < -0.39 is 12.1 Å². The normalized spacial score (nSPS) is 16.7. The van der Waals surface area contributed by atoms with Gasteiger partial charge in [0.15, 0.2) is 5.58 Å². The molecule has 0 bridgehead atoms. The number of hydrogen-bond donors (Lipinski definition) is 2. The van der Waals surface area contributed by atoms with Gasteiger partial charge in [-0.25, -0.2) is 4.79 Å². The zero-order chi connectivity index (χ0) is 26.9. The number of likely N-dealkylation sites (N-methyl/N-ethyl adjacent to an activating group) is 1. The number of nitrogens with one attached hydrogen (secondary N) is 2. The van der Waals surface area contributed by atoms with Crippen LogP contribution in [-0.2, 0) is 27.2 Å². The number of benzene rings is 2. The van der Waals surface area contributed by atoms with Gasteiger partial charge >= 0.3 is 5.76 Å². The molecule has 10 heteroatoms. The lowest BCUT2D eigenvalue weighted by atomic mass is 10.0. The molecule has 2 heterocycles. The average Bonchev–Trinajstić information content (AvgIpc) is 3.08. The Hall–Kier alpha value is -3.49. The summed E-state index contributed by atoms with van der Waals surface area (Å²) in [5.41, 5.74) is 4.16. The van der Waals surface area contributed by atoms with Gasteiger partial charge in [-0.2, -0.15) is 5.26 Å². The smallest absolute Gasteiger partial charge is 0.408 e. The van der Waals surface area contributed by atoms with Gasteiger partial charge in [0.1, 0.15) is 12.1 Å². The Bertz CT molecular complexity index is 1300. The van der Waals surface area contributed by atoms with Crippen LogP contribution in [0.1, 0.15) is 12.0 Å². The lowest BCUT2D eigenvalue weighted by Crippen LogP contribution is -2.46. The van der Waals surface area contributed by atoms with Crippen LogP contribution in [0.2, 0.25) is 0 Å². The number of aromatic nitrogens is 1. The Morgan fingerprint density at radius 3 is 2.82 bits per heavy atom. The average molecular weight is 522 g/mol. The molecule has 0 spiro atoms. The molecule has 1 aromatic heterocycles. The van der Waals surface area contributed by atoms with Crippen LogP contribution in [0.5, 0.6) is 0 Å². The monoisotopic (exact) mass is 521 g/mol. The van der Waals surface area contributed by atoms with E-state index in [1.165, 1.54) is 0 Å². The number of methoxy groups -OCH3 is 1. The van der Waals surface area contributed by atoms with Crippen LogP contribution >= 0.6 is 0 Å². The second kappa shape index (κ2) is 13.3. The summed E-state index contributed by atoms with van der Waals surface area (Å²) in [7, 11) is 3.66. The van der Waals surface area contributed by atoms with Gasteiger partial charge in [-0.15, -0.1) is 0 Å². The van der Waals surface area contributed by atoms with Crippen molar-refractivity contribution in [3.05, 3.63) is 58.6 Å². The summed E-state index contributed by atoms with van der Waals surface area (Å²) < 4.78 is 17.8. The number of oxazole rings is 1. The largest absolute Gasteiger partial charge is 0.419 e. The summed E-state index contributed by atoms with van der Waals surface area (Å²) in [4.78, 5) is 27.1. The molecule has 0 radical (unpaired) electrons. The molecule has 1 aliphatic heterocycles. The third kappa shape index (κ3) is 7.08. The van der Waals surface area contributed by atoms with E-state index in [0.29, 0.717) is 44.9 Å². The standard InChI is InChI=1S/C28H35N5O5/c1-32(13-15-36-2)11-12-33-24-17-22(8-9-25(24)38-28(33)35)21-6-4-20(5-7-21)16-23(18-29)31-27(34)26-19-30-10-3-14-37-26/h4-9,17,23,26,30H,3,10-16,19H2,1-2H3,(H,31,34). The van der Waals surface area contributed by atoms with E-state index in [1.54, 1.807) is 11.7 Å².